The molecule has 11 heteroatoms. The second-order valence-corrected chi connectivity index (χ2v) is 7.80. The summed E-state index contributed by atoms with van der Waals surface area (Å²) < 4.78 is 11.1. The van der Waals surface area contributed by atoms with Crippen LogP contribution in [0, 0.1) is 10.1 Å². The van der Waals surface area contributed by atoms with Crippen LogP contribution in [-0.4, -0.2) is 28.5 Å². The van der Waals surface area contributed by atoms with E-state index >= 15 is 0 Å². The van der Waals surface area contributed by atoms with E-state index < -0.39 is 16.7 Å². The van der Waals surface area contributed by atoms with Crippen molar-refractivity contribution in [1.82, 2.24) is 5.32 Å². The zero-order chi connectivity index (χ0) is 24.4. The quantitative estimate of drug-likeness (QED) is 0.172. The average molecular weight is 498 g/mol. The Kier molecular flexibility index (Phi) is 6.44. The van der Waals surface area contributed by atoms with Crippen LogP contribution in [-0.2, 0) is 9.59 Å². The molecule has 4 rings (SSSR count). The Labute approximate surface area is 203 Å². The first-order valence-electron chi connectivity index (χ1n) is 9.97. The number of thiocarbonyl (C=S) groups is 1. The molecule has 2 heterocycles. The van der Waals surface area contributed by atoms with Crippen LogP contribution in [0.2, 0.25) is 5.02 Å². The van der Waals surface area contributed by atoms with Crippen molar-refractivity contribution >= 4 is 58.2 Å². The smallest absolute Gasteiger partial charge is 0.288 e. The molecule has 1 aliphatic heterocycles. The van der Waals surface area contributed by atoms with Gasteiger partial charge >= 0.3 is 0 Å². The van der Waals surface area contributed by atoms with Gasteiger partial charge in [0.25, 0.3) is 17.5 Å². The molecule has 1 aromatic heterocycles. The van der Waals surface area contributed by atoms with Crippen LogP contribution in [0.25, 0.3) is 17.4 Å². The van der Waals surface area contributed by atoms with Gasteiger partial charge in [-0.1, -0.05) is 11.6 Å². The molecule has 3 aromatic rings. The zero-order valence-corrected chi connectivity index (χ0v) is 19.2. The minimum Gasteiger partial charge on any atom is -0.494 e. The van der Waals surface area contributed by atoms with Crippen molar-refractivity contribution in [3.05, 3.63) is 81.1 Å². The molecule has 0 unspecified atom stereocenters. The largest absolute Gasteiger partial charge is 0.494 e. The summed E-state index contributed by atoms with van der Waals surface area (Å²) >= 11 is 11.1. The van der Waals surface area contributed by atoms with E-state index in [1.54, 1.807) is 36.4 Å². The van der Waals surface area contributed by atoms with Gasteiger partial charge < -0.3 is 9.15 Å². The maximum Gasteiger partial charge on any atom is 0.288 e. The van der Waals surface area contributed by atoms with Crippen LogP contribution in [0.4, 0.5) is 11.4 Å². The molecule has 0 radical (unpaired) electrons. The number of nitrogens with one attached hydrogen (secondary N) is 1. The lowest BCUT2D eigenvalue weighted by Crippen LogP contribution is -2.54. The Bertz CT molecular complexity index is 1350. The number of halogens is 1. The van der Waals surface area contributed by atoms with Crippen molar-refractivity contribution in [1.29, 1.82) is 0 Å². The number of hydrogen-bond acceptors (Lipinski definition) is 7. The monoisotopic (exact) mass is 497 g/mol. The highest BCUT2D eigenvalue weighted by atomic mass is 35.5. The van der Waals surface area contributed by atoms with E-state index in [4.69, 9.17) is 33.0 Å². The van der Waals surface area contributed by atoms with Gasteiger partial charge in [-0.15, -0.1) is 0 Å². The first kappa shape index (κ1) is 23.1. The van der Waals surface area contributed by atoms with Crippen molar-refractivity contribution < 1.29 is 23.7 Å². The van der Waals surface area contributed by atoms with Gasteiger partial charge in [0.15, 0.2) is 5.11 Å². The minimum absolute atomic E-state index is 0.00234. The second kappa shape index (κ2) is 9.46. The van der Waals surface area contributed by atoms with E-state index in [1.165, 1.54) is 29.2 Å². The van der Waals surface area contributed by atoms with Crippen LogP contribution < -0.4 is 15.0 Å². The van der Waals surface area contributed by atoms with Gasteiger partial charge in [-0.25, -0.2) is 0 Å². The molecule has 2 amide bonds. The number of ether oxygens (including phenoxy) is 1. The van der Waals surface area contributed by atoms with Gasteiger partial charge in [0.05, 0.1) is 17.2 Å². The van der Waals surface area contributed by atoms with E-state index in [0.717, 1.165) is 0 Å². The third-order valence-corrected chi connectivity index (χ3v) is 5.45. The van der Waals surface area contributed by atoms with Crippen molar-refractivity contribution in [3.63, 3.8) is 0 Å². The number of rotatable bonds is 6. The number of anilines is 1. The number of nitro benzene ring substituents is 1. The van der Waals surface area contributed by atoms with Crippen molar-refractivity contribution in [2.75, 3.05) is 11.5 Å². The Hall–Kier alpha value is -4.02. The lowest BCUT2D eigenvalue weighted by Gasteiger charge is -2.28. The highest BCUT2D eigenvalue weighted by Crippen LogP contribution is 2.32. The first-order valence-corrected chi connectivity index (χ1v) is 10.8. The number of carbonyl (C=O) groups is 2. The summed E-state index contributed by atoms with van der Waals surface area (Å²) in [6, 6.07) is 14.0. The molecular formula is C23H16ClN3O6S. The number of furan rings is 1. The summed E-state index contributed by atoms with van der Waals surface area (Å²) in [5.74, 6) is -0.165. The van der Waals surface area contributed by atoms with Gasteiger partial charge in [-0.3, -0.25) is 29.9 Å². The Morgan fingerprint density at radius 2 is 1.91 bits per heavy atom. The summed E-state index contributed by atoms with van der Waals surface area (Å²) in [6.45, 7) is 2.36. The van der Waals surface area contributed by atoms with E-state index in [1.807, 2.05) is 6.92 Å². The summed E-state index contributed by atoms with van der Waals surface area (Å²) in [4.78, 5) is 37.4. The van der Waals surface area contributed by atoms with Crippen LogP contribution in [0.3, 0.4) is 0 Å². The molecule has 1 saturated heterocycles. The van der Waals surface area contributed by atoms with Gasteiger partial charge in [-0.2, -0.15) is 0 Å². The molecule has 2 aromatic carbocycles. The number of nitrogens with zero attached hydrogens (tertiary/aromatic N) is 2. The maximum atomic E-state index is 13.1. The molecule has 1 aliphatic rings. The molecule has 0 spiro atoms. The lowest BCUT2D eigenvalue weighted by atomic mass is 10.1. The van der Waals surface area contributed by atoms with Gasteiger partial charge in [0.2, 0.25) is 0 Å². The molecule has 0 bridgehead atoms. The molecule has 0 saturated carbocycles. The van der Waals surface area contributed by atoms with Crippen molar-refractivity contribution in [2.24, 2.45) is 0 Å². The van der Waals surface area contributed by atoms with Gasteiger partial charge in [0, 0.05) is 11.6 Å². The fourth-order valence-corrected chi connectivity index (χ4v) is 3.75. The van der Waals surface area contributed by atoms with Crippen molar-refractivity contribution in [3.8, 4) is 17.1 Å². The molecule has 1 fully saturated rings. The number of carbonyl (C=O) groups excluding carboxylic acids is 2. The Morgan fingerprint density at radius 3 is 2.59 bits per heavy atom. The molecule has 172 valence electrons. The number of nitro groups is 1. The van der Waals surface area contributed by atoms with Gasteiger partial charge in [-0.05, 0) is 73.7 Å². The SMILES string of the molecule is CCOc1ccc(N2C(=O)C(=Cc3ccc(-c4ccc(Cl)c([N+](=O)[O-])c4)o3)C(=O)NC2=S)cc1. The summed E-state index contributed by atoms with van der Waals surface area (Å²) in [7, 11) is 0. The standard InChI is InChI=1S/C23H16ClN3O6S/c1-2-32-15-6-4-14(5-7-15)26-22(29)17(21(28)25-23(26)34)12-16-8-10-20(33-16)13-3-9-18(24)19(11-13)27(30)31/h3-12H,2H2,1H3,(H,25,28,34). The van der Waals surface area contributed by atoms with E-state index in [-0.39, 0.29) is 27.2 Å². The van der Waals surface area contributed by atoms with Crippen LogP contribution in [0.15, 0.2) is 64.6 Å². The predicted molar refractivity (Wildman–Crippen MR) is 130 cm³/mol. The topological polar surface area (TPSA) is 115 Å². The fourth-order valence-electron chi connectivity index (χ4n) is 3.28. The Morgan fingerprint density at radius 1 is 1.18 bits per heavy atom. The van der Waals surface area contributed by atoms with E-state index in [2.05, 4.69) is 5.32 Å². The predicted octanol–water partition coefficient (Wildman–Crippen LogP) is 4.74. The first-order chi connectivity index (χ1) is 16.3. The third kappa shape index (κ3) is 4.54. The average Bonchev–Trinajstić information content (AvgIpc) is 3.27. The third-order valence-electron chi connectivity index (χ3n) is 4.85. The van der Waals surface area contributed by atoms with Crippen LogP contribution >= 0.6 is 23.8 Å². The highest BCUT2D eigenvalue weighted by molar-refractivity contribution is 7.80. The van der Waals surface area contributed by atoms with Crippen LogP contribution in [0.5, 0.6) is 5.75 Å². The second-order valence-electron chi connectivity index (χ2n) is 7.01. The molecule has 34 heavy (non-hydrogen) atoms. The molecule has 1 N–H and O–H groups in total. The van der Waals surface area contributed by atoms with Gasteiger partial charge in [0.1, 0.15) is 27.9 Å². The molecule has 9 nitrogen and oxygen atoms in total. The molecule has 0 atom stereocenters. The fraction of sp³-hybridized carbons (Fsp3) is 0.0870. The number of benzene rings is 2. The van der Waals surface area contributed by atoms with E-state index in [9.17, 15) is 19.7 Å². The van der Waals surface area contributed by atoms with Crippen LogP contribution in [0.1, 0.15) is 12.7 Å². The maximum absolute atomic E-state index is 13.1. The highest BCUT2D eigenvalue weighted by Gasteiger charge is 2.34. The molecule has 0 aliphatic carbocycles. The zero-order valence-electron chi connectivity index (χ0n) is 17.6. The summed E-state index contributed by atoms with van der Waals surface area (Å²) in [6.07, 6.45) is 1.29. The Balaban J connectivity index is 1.64. The normalized spacial score (nSPS) is 14.9. The minimum atomic E-state index is -0.669. The molecular weight excluding hydrogens is 482 g/mol. The van der Waals surface area contributed by atoms with Crippen molar-refractivity contribution in [2.45, 2.75) is 6.92 Å². The number of hydrogen-bond donors (Lipinski definition) is 1. The number of amides is 2. The lowest BCUT2D eigenvalue weighted by molar-refractivity contribution is -0.384. The summed E-state index contributed by atoms with van der Waals surface area (Å²) in [5.41, 5.74) is 0.414. The summed E-state index contributed by atoms with van der Waals surface area (Å²) in [5, 5.41) is 13.6. The van der Waals surface area contributed by atoms with E-state index in [0.29, 0.717) is 29.4 Å².